The van der Waals surface area contributed by atoms with Gasteiger partial charge in [0, 0.05) is 37.0 Å². The van der Waals surface area contributed by atoms with Gasteiger partial charge in [-0.15, -0.1) is 0 Å². The SMILES string of the molecule is O=C1NCCn2nc(-c3ccnc(-c4cccc(CNCCO)c4)c3)cc21. The maximum Gasteiger partial charge on any atom is 0.269 e. The van der Waals surface area contributed by atoms with E-state index in [2.05, 4.69) is 26.8 Å². The van der Waals surface area contributed by atoms with Crippen molar-refractivity contribution in [3.05, 3.63) is 59.9 Å². The highest BCUT2D eigenvalue weighted by Gasteiger charge is 2.19. The van der Waals surface area contributed by atoms with Crippen molar-refractivity contribution in [2.75, 3.05) is 19.7 Å². The smallest absolute Gasteiger partial charge is 0.269 e. The number of nitrogens with one attached hydrogen (secondary N) is 2. The van der Waals surface area contributed by atoms with Gasteiger partial charge in [-0.05, 0) is 29.8 Å². The van der Waals surface area contributed by atoms with Gasteiger partial charge in [0.1, 0.15) is 5.69 Å². The molecular weight excluding hydrogens is 342 g/mol. The molecular formula is C20H21N5O2. The van der Waals surface area contributed by atoms with Crippen LogP contribution < -0.4 is 10.6 Å². The summed E-state index contributed by atoms with van der Waals surface area (Å²) >= 11 is 0. The minimum atomic E-state index is -0.0858. The van der Waals surface area contributed by atoms with E-state index in [0.717, 1.165) is 28.1 Å². The molecule has 0 unspecified atom stereocenters. The Labute approximate surface area is 157 Å². The molecule has 7 heteroatoms. The Balaban J connectivity index is 1.62. The van der Waals surface area contributed by atoms with Crippen molar-refractivity contribution in [3.8, 4) is 22.5 Å². The first-order valence-electron chi connectivity index (χ1n) is 8.98. The first kappa shape index (κ1) is 17.4. The fourth-order valence-corrected chi connectivity index (χ4v) is 3.18. The molecule has 1 amide bonds. The van der Waals surface area contributed by atoms with E-state index in [9.17, 15) is 4.79 Å². The quantitative estimate of drug-likeness (QED) is 0.577. The Morgan fingerprint density at radius 2 is 2.04 bits per heavy atom. The van der Waals surface area contributed by atoms with Crippen LogP contribution in [0, 0.1) is 0 Å². The minimum absolute atomic E-state index is 0.0858. The number of pyridine rings is 1. The minimum Gasteiger partial charge on any atom is -0.395 e. The molecule has 0 saturated carbocycles. The van der Waals surface area contributed by atoms with E-state index in [1.807, 2.05) is 36.4 Å². The Morgan fingerprint density at radius 1 is 1.15 bits per heavy atom. The van der Waals surface area contributed by atoms with Gasteiger partial charge in [0.25, 0.3) is 5.91 Å². The number of amides is 1. The van der Waals surface area contributed by atoms with Crippen molar-refractivity contribution in [2.24, 2.45) is 0 Å². The van der Waals surface area contributed by atoms with Gasteiger partial charge in [0.15, 0.2) is 0 Å². The number of benzene rings is 1. The lowest BCUT2D eigenvalue weighted by Crippen LogP contribution is -2.35. The van der Waals surface area contributed by atoms with Gasteiger partial charge in [-0.1, -0.05) is 18.2 Å². The Morgan fingerprint density at radius 3 is 2.89 bits per heavy atom. The third-order valence-electron chi connectivity index (χ3n) is 4.52. The van der Waals surface area contributed by atoms with Crippen LogP contribution in [-0.2, 0) is 13.1 Å². The molecule has 0 aliphatic carbocycles. The first-order valence-corrected chi connectivity index (χ1v) is 8.98. The Kier molecular flexibility index (Phi) is 4.95. The van der Waals surface area contributed by atoms with Gasteiger partial charge in [-0.2, -0.15) is 5.10 Å². The summed E-state index contributed by atoms with van der Waals surface area (Å²) in [5.41, 5.74) is 5.28. The standard InChI is InChI=1S/C20H21N5O2/c26-9-7-21-13-14-2-1-3-15(10-14)17-11-16(4-5-22-17)18-12-19-20(27)23-6-8-25(19)24-18/h1-5,10-12,21,26H,6-9,13H2,(H,23,27). The highest BCUT2D eigenvalue weighted by atomic mass is 16.3. The molecule has 3 aromatic rings. The molecule has 0 atom stereocenters. The van der Waals surface area contributed by atoms with Crippen molar-refractivity contribution in [2.45, 2.75) is 13.1 Å². The van der Waals surface area contributed by atoms with Crippen molar-refractivity contribution < 1.29 is 9.90 Å². The predicted octanol–water partition coefficient (Wildman–Crippen LogP) is 1.44. The number of rotatable bonds is 6. The van der Waals surface area contributed by atoms with E-state index in [1.165, 1.54) is 0 Å². The zero-order chi connectivity index (χ0) is 18.6. The number of hydrogen-bond donors (Lipinski definition) is 3. The second-order valence-electron chi connectivity index (χ2n) is 6.42. The molecule has 0 fully saturated rings. The third kappa shape index (κ3) is 3.74. The molecule has 0 spiro atoms. The monoisotopic (exact) mass is 363 g/mol. The fourth-order valence-electron chi connectivity index (χ4n) is 3.18. The lowest BCUT2D eigenvalue weighted by Gasteiger charge is -2.13. The van der Waals surface area contributed by atoms with Gasteiger partial charge in [0.05, 0.1) is 24.5 Å². The molecule has 7 nitrogen and oxygen atoms in total. The maximum atomic E-state index is 12.0. The second kappa shape index (κ2) is 7.69. The van der Waals surface area contributed by atoms with Crippen LogP contribution in [0.5, 0.6) is 0 Å². The summed E-state index contributed by atoms with van der Waals surface area (Å²) in [5, 5.41) is 19.5. The van der Waals surface area contributed by atoms with E-state index >= 15 is 0 Å². The second-order valence-corrected chi connectivity index (χ2v) is 6.42. The molecule has 4 rings (SSSR count). The molecule has 2 aromatic heterocycles. The number of carbonyl (C=O) groups is 1. The van der Waals surface area contributed by atoms with Gasteiger partial charge >= 0.3 is 0 Å². The van der Waals surface area contributed by atoms with Crippen LogP contribution >= 0.6 is 0 Å². The van der Waals surface area contributed by atoms with Gasteiger partial charge in [-0.25, -0.2) is 0 Å². The third-order valence-corrected chi connectivity index (χ3v) is 4.52. The van der Waals surface area contributed by atoms with Crippen LogP contribution in [0.2, 0.25) is 0 Å². The average molecular weight is 363 g/mol. The molecule has 3 heterocycles. The summed E-state index contributed by atoms with van der Waals surface area (Å²) in [6.07, 6.45) is 1.76. The molecule has 138 valence electrons. The first-order chi connectivity index (χ1) is 13.2. The normalized spacial score (nSPS) is 13.3. The molecule has 27 heavy (non-hydrogen) atoms. The molecule has 0 bridgehead atoms. The van der Waals surface area contributed by atoms with Crippen LogP contribution in [0.4, 0.5) is 0 Å². The van der Waals surface area contributed by atoms with Crippen molar-refractivity contribution in [1.29, 1.82) is 0 Å². The van der Waals surface area contributed by atoms with Crippen LogP contribution in [-0.4, -0.2) is 45.5 Å². The summed E-state index contributed by atoms with van der Waals surface area (Å²) in [5.74, 6) is -0.0858. The molecule has 3 N–H and O–H groups in total. The average Bonchev–Trinajstić information content (AvgIpc) is 3.15. The number of hydrogen-bond acceptors (Lipinski definition) is 5. The summed E-state index contributed by atoms with van der Waals surface area (Å²) in [6, 6.07) is 13.9. The summed E-state index contributed by atoms with van der Waals surface area (Å²) in [4.78, 5) is 16.5. The number of carbonyl (C=O) groups excluding carboxylic acids is 1. The van der Waals surface area contributed by atoms with Crippen molar-refractivity contribution in [1.82, 2.24) is 25.4 Å². The van der Waals surface area contributed by atoms with Crippen LogP contribution in [0.3, 0.4) is 0 Å². The topological polar surface area (TPSA) is 92.1 Å². The van der Waals surface area contributed by atoms with Gasteiger partial charge in [0.2, 0.25) is 0 Å². The number of aliphatic hydroxyl groups excluding tert-OH is 1. The van der Waals surface area contributed by atoms with E-state index in [1.54, 1.807) is 10.9 Å². The molecule has 1 aromatic carbocycles. The molecule has 0 radical (unpaired) electrons. The predicted molar refractivity (Wildman–Crippen MR) is 102 cm³/mol. The lowest BCUT2D eigenvalue weighted by molar-refractivity contribution is 0.0924. The number of fused-ring (bicyclic) bond motifs is 1. The van der Waals surface area contributed by atoms with E-state index < -0.39 is 0 Å². The van der Waals surface area contributed by atoms with E-state index in [4.69, 9.17) is 5.11 Å². The highest BCUT2D eigenvalue weighted by Crippen LogP contribution is 2.25. The van der Waals surface area contributed by atoms with Crippen LogP contribution in [0.15, 0.2) is 48.7 Å². The van der Waals surface area contributed by atoms with Crippen molar-refractivity contribution >= 4 is 5.91 Å². The number of aliphatic hydroxyl groups is 1. The zero-order valence-electron chi connectivity index (χ0n) is 14.9. The Bertz CT molecular complexity index is 967. The summed E-state index contributed by atoms with van der Waals surface area (Å²) in [6.45, 7) is 2.66. The zero-order valence-corrected chi connectivity index (χ0v) is 14.9. The largest absolute Gasteiger partial charge is 0.395 e. The fraction of sp³-hybridized carbons (Fsp3) is 0.250. The molecule has 1 aliphatic rings. The highest BCUT2D eigenvalue weighted by molar-refractivity contribution is 5.94. The number of nitrogens with zero attached hydrogens (tertiary/aromatic N) is 3. The van der Waals surface area contributed by atoms with E-state index in [0.29, 0.717) is 31.9 Å². The maximum absolute atomic E-state index is 12.0. The lowest BCUT2D eigenvalue weighted by atomic mass is 10.0. The molecule has 1 aliphatic heterocycles. The number of aromatic nitrogens is 3. The van der Waals surface area contributed by atoms with Gasteiger partial charge < -0.3 is 15.7 Å². The van der Waals surface area contributed by atoms with Gasteiger partial charge in [-0.3, -0.25) is 14.5 Å². The van der Waals surface area contributed by atoms with Crippen molar-refractivity contribution in [3.63, 3.8) is 0 Å². The molecule has 0 saturated heterocycles. The van der Waals surface area contributed by atoms with Crippen LogP contribution in [0.1, 0.15) is 16.1 Å². The Hall–Kier alpha value is -3.03. The summed E-state index contributed by atoms with van der Waals surface area (Å²) in [7, 11) is 0. The van der Waals surface area contributed by atoms with E-state index in [-0.39, 0.29) is 12.5 Å². The van der Waals surface area contributed by atoms with Crippen LogP contribution in [0.25, 0.3) is 22.5 Å². The summed E-state index contributed by atoms with van der Waals surface area (Å²) < 4.78 is 1.75.